The maximum absolute atomic E-state index is 13.1. The van der Waals surface area contributed by atoms with E-state index in [1.165, 1.54) is 30.4 Å². The van der Waals surface area contributed by atoms with Crippen LogP contribution in [0, 0.1) is 0 Å². The van der Waals surface area contributed by atoms with Crippen LogP contribution in [0.5, 0.6) is 0 Å². The number of likely N-dealkylation sites (tertiary alicyclic amines) is 1. The summed E-state index contributed by atoms with van der Waals surface area (Å²) < 4.78 is 0. The lowest BCUT2D eigenvalue weighted by atomic mass is 9.83. The molecular weight excluding hydrogens is 308 g/mol. The molecule has 1 heterocycles. The number of amides is 1. The van der Waals surface area contributed by atoms with Crippen molar-refractivity contribution in [2.45, 2.75) is 38.1 Å². The number of hydrogen-bond acceptors (Lipinski definition) is 2. The van der Waals surface area contributed by atoms with Crippen molar-refractivity contribution in [3.8, 4) is 0 Å². The van der Waals surface area contributed by atoms with Crippen molar-refractivity contribution in [2.24, 2.45) is 0 Å². The Bertz CT molecular complexity index is 611. The van der Waals surface area contributed by atoms with Gasteiger partial charge < -0.3 is 5.32 Å². The second-order valence-electron chi connectivity index (χ2n) is 6.74. The first-order valence-corrected chi connectivity index (χ1v) is 9.43. The normalized spacial score (nSPS) is 16.6. The van der Waals surface area contributed by atoms with Gasteiger partial charge in [-0.15, -0.1) is 0 Å². The number of nitrogens with zero attached hydrogens (tertiary/aromatic N) is 1. The Balaban J connectivity index is 2.03. The molecule has 3 nitrogen and oxygen atoms in total. The van der Waals surface area contributed by atoms with Crippen LogP contribution < -0.4 is 5.32 Å². The van der Waals surface area contributed by atoms with Gasteiger partial charge in [0.1, 0.15) is 6.04 Å². The molecule has 1 aliphatic rings. The number of hydrogen-bond donors (Lipinski definition) is 1. The van der Waals surface area contributed by atoms with Crippen molar-refractivity contribution in [3.63, 3.8) is 0 Å². The van der Waals surface area contributed by atoms with Crippen LogP contribution >= 0.6 is 0 Å². The van der Waals surface area contributed by atoms with Crippen molar-refractivity contribution in [2.75, 3.05) is 19.6 Å². The fourth-order valence-electron chi connectivity index (χ4n) is 3.88. The van der Waals surface area contributed by atoms with Gasteiger partial charge in [-0.25, -0.2) is 0 Å². The number of likely N-dealkylation sites (N-methyl/N-ethyl adjacent to an activating group) is 1. The summed E-state index contributed by atoms with van der Waals surface area (Å²) in [5.74, 6) is 0.189. The van der Waals surface area contributed by atoms with Crippen LogP contribution in [0.25, 0.3) is 0 Å². The van der Waals surface area contributed by atoms with E-state index in [9.17, 15) is 4.79 Å². The first-order valence-electron chi connectivity index (χ1n) is 9.43. The fraction of sp³-hybridized carbons (Fsp3) is 0.409. The standard InChI is InChI=1S/C22H28N2O/c1-2-23-22(25)21(24-16-10-5-11-17-24)20(18-12-6-3-7-13-18)19-14-8-4-9-15-19/h3-4,6-9,12-15,20-21H,2,5,10-11,16-17H2,1H3,(H,23,25). The molecule has 0 spiro atoms. The minimum atomic E-state index is -0.162. The Kier molecular flexibility index (Phi) is 6.24. The summed E-state index contributed by atoms with van der Waals surface area (Å²) in [7, 11) is 0. The van der Waals surface area contributed by atoms with Gasteiger partial charge in [-0.3, -0.25) is 9.69 Å². The van der Waals surface area contributed by atoms with Gasteiger partial charge in [0, 0.05) is 12.5 Å². The predicted molar refractivity (Wildman–Crippen MR) is 103 cm³/mol. The van der Waals surface area contributed by atoms with Crippen LogP contribution in [0.1, 0.15) is 43.2 Å². The van der Waals surface area contributed by atoms with E-state index in [4.69, 9.17) is 0 Å². The number of benzene rings is 2. The molecule has 1 atom stereocenters. The molecule has 1 unspecified atom stereocenters. The molecule has 132 valence electrons. The van der Waals surface area contributed by atoms with E-state index >= 15 is 0 Å². The van der Waals surface area contributed by atoms with Gasteiger partial charge in [-0.1, -0.05) is 67.1 Å². The third-order valence-corrected chi connectivity index (χ3v) is 5.04. The average Bonchev–Trinajstić information content (AvgIpc) is 2.68. The van der Waals surface area contributed by atoms with E-state index < -0.39 is 0 Å². The third kappa shape index (κ3) is 4.29. The van der Waals surface area contributed by atoms with Gasteiger partial charge in [-0.05, 0) is 44.0 Å². The molecule has 0 aromatic heterocycles. The second kappa shape index (κ2) is 8.82. The van der Waals surface area contributed by atoms with E-state index in [2.05, 4.69) is 58.7 Å². The Morgan fingerprint density at radius 3 is 1.92 bits per heavy atom. The topological polar surface area (TPSA) is 32.3 Å². The van der Waals surface area contributed by atoms with Crippen LogP contribution in [0.4, 0.5) is 0 Å². The zero-order valence-corrected chi connectivity index (χ0v) is 15.0. The molecule has 0 saturated carbocycles. The van der Waals surface area contributed by atoms with Gasteiger partial charge in [0.25, 0.3) is 0 Å². The van der Waals surface area contributed by atoms with Crippen molar-refractivity contribution < 1.29 is 4.79 Å². The van der Waals surface area contributed by atoms with E-state index in [0.717, 1.165) is 13.1 Å². The first-order chi connectivity index (χ1) is 12.3. The molecule has 3 rings (SSSR count). The Morgan fingerprint density at radius 2 is 1.44 bits per heavy atom. The molecule has 1 saturated heterocycles. The molecule has 1 aliphatic heterocycles. The minimum absolute atomic E-state index is 0.0482. The molecule has 2 aromatic rings. The molecule has 0 radical (unpaired) electrons. The number of piperidine rings is 1. The van der Waals surface area contributed by atoms with Crippen molar-refractivity contribution in [1.29, 1.82) is 0 Å². The molecule has 25 heavy (non-hydrogen) atoms. The molecule has 1 fully saturated rings. The smallest absolute Gasteiger partial charge is 0.238 e. The van der Waals surface area contributed by atoms with Gasteiger partial charge >= 0.3 is 0 Å². The van der Waals surface area contributed by atoms with Crippen molar-refractivity contribution in [3.05, 3.63) is 71.8 Å². The third-order valence-electron chi connectivity index (χ3n) is 5.04. The number of rotatable bonds is 6. The highest BCUT2D eigenvalue weighted by atomic mass is 16.2. The van der Waals surface area contributed by atoms with Crippen molar-refractivity contribution >= 4 is 5.91 Å². The largest absolute Gasteiger partial charge is 0.355 e. The predicted octanol–water partition coefficient (Wildman–Crippen LogP) is 3.81. The highest BCUT2D eigenvalue weighted by Crippen LogP contribution is 2.32. The fourth-order valence-corrected chi connectivity index (χ4v) is 3.88. The first kappa shape index (κ1) is 17.7. The maximum atomic E-state index is 13.1. The molecule has 0 aliphatic carbocycles. The lowest BCUT2D eigenvalue weighted by Crippen LogP contribution is -2.52. The minimum Gasteiger partial charge on any atom is -0.355 e. The summed E-state index contributed by atoms with van der Waals surface area (Å²) in [4.78, 5) is 15.5. The Morgan fingerprint density at radius 1 is 0.920 bits per heavy atom. The lowest BCUT2D eigenvalue weighted by Gasteiger charge is -2.38. The average molecular weight is 336 g/mol. The Hall–Kier alpha value is -2.13. The molecule has 1 N–H and O–H groups in total. The number of carbonyl (C=O) groups excluding carboxylic acids is 1. The van der Waals surface area contributed by atoms with Gasteiger partial charge in [0.15, 0.2) is 0 Å². The van der Waals surface area contributed by atoms with E-state index in [-0.39, 0.29) is 17.9 Å². The van der Waals surface area contributed by atoms with Crippen LogP contribution in [-0.4, -0.2) is 36.5 Å². The van der Waals surface area contributed by atoms with Crippen LogP contribution in [-0.2, 0) is 4.79 Å². The number of carbonyl (C=O) groups is 1. The summed E-state index contributed by atoms with van der Waals surface area (Å²) in [5.41, 5.74) is 2.41. The van der Waals surface area contributed by atoms with E-state index in [1.54, 1.807) is 0 Å². The van der Waals surface area contributed by atoms with Gasteiger partial charge in [0.2, 0.25) is 5.91 Å². The molecule has 3 heteroatoms. The van der Waals surface area contributed by atoms with Crippen LogP contribution in [0.15, 0.2) is 60.7 Å². The van der Waals surface area contributed by atoms with Gasteiger partial charge in [0.05, 0.1) is 0 Å². The zero-order chi connectivity index (χ0) is 17.5. The van der Waals surface area contributed by atoms with Gasteiger partial charge in [-0.2, -0.15) is 0 Å². The molecule has 0 bridgehead atoms. The summed E-state index contributed by atoms with van der Waals surface area (Å²) >= 11 is 0. The molecule has 2 aromatic carbocycles. The zero-order valence-electron chi connectivity index (χ0n) is 15.0. The summed E-state index contributed by atoms with van der Waals surface area (Å²) in [5, 5.41) is 3.08. The monoisotopic (exact) mass is 336 g/mol. The molecular formula is C22H28N2O. The van der Waals surface area contributed by atoms with Crippen LogP contribution in [0.2, 0.25) is 0 Å². The van der Waals surface area contributed by atoms with E-state index in [0.29, 0.717) is 6.54 Å². The Labute approximate surface area is 151 Å². The summed E-state index contributed by atoms with van der Waals surface area (Å²) in [6, 6.07) is 20.8. The van der Waals surface area contributed by atoms with Crippen molar-refractivity contribution in [1.82, 2.24) is 10.2 Å². The maximum Gasteiger partial charge on any atom is 0.238 e. The number of nitrogens with one attached hydrogen (secondary N) is 1. The quantitative estimate of drug-likeness (QED) is 0.870. The SMILES string of the molecule is CCNC(=O)C(C(c1ccccc1)c1ccccc1)N1CCCCC1. The summed E-state index contributed by atoms with van der Waals surface area (Å²) in [6.07, 6.45) is 3.61. The van der Waals surface area contributed by atoms with Crippen LogP contribution in [0.3, 0.4) is 0 Å². The second-order valence-corrected chi connectivity index (χ2v) is 6.74. The van der Waals surface area contributed by atoms with E-state index in [1.807, 2.05) is 19.1 Å². The lowest BCUT2D eigenvalue weighted by molar-refractivity contribution is -0.127. The summed E-state index contributed by atoms with van der Waals surface area (Å²) in [6.45, 7) is 4.65. The molecule has 1 amide bonds. The highest BCUT2D eigenvalue weighted by molar-refractivity contribution is 5.83. The highest BCUT2D eigenvalue weighted by Gasteiger charge is 2.35.